The van der Waals surface area contributed by atoms with Crippen LogP contribution in [0.15, 0.2) is 36.5 Å². The van der Waals surface area contributed by atoms with Crippen molar-refractivity contribution in [1.82, 2.24) is 9.78 Å². The Hall–Kier alpha value is -2.30. The van der Waals surface area contributed by atoms with Gasteiger partial charge in [-0.25, -0.2) is 4.79 Å². The van der Waals surface area contributed by atoms with E-state index in [2.05, 4.69) is 10.4 Å². The second kappa shape index (κ2) is 5.60. The number of carbonyl (C=O) groups is 1. The third kappa shape index (κ3) is 3.42. The minimum atomic E-state index is -0.919. The second-order valence-electron chi connectivity index (χ2n) is 6.14. The number of hydrogen-bond acceptors (Lipinski definition) is 3. The summed E-state index contributed by atoms with van der Waals surface area (Å²) in [6.07, 6.45) is 1.77. The van der Waals surface area contributed by atoms with Gasteiger partial charge < -0.3 is 10.4 Å². The van der Waals surface area contributed by atoms with E-state index in [1.165, 1.54) is 0 Å². The fraction of sp³-hybridized carbons (Fsp3) is 0.375. The summed E-state index contributed by atoms with van der Waals surface area (Å²) >= 11 is 0. The summed E-state index contributed by atoms with van der Waals surface area (Å²) in [6, 6.07) is 8.51. The zero-order chi connectivity index (χ0) is 15.6. The molecule has 0 spiro atoms. The third-order valence-corrected chi connectivity index (χ3v) is 3.21. The van der Waals surface area contributed by atoms with Crippen molar-refractivity contribution >= 4 is 11.7 Å². The number of nitrogens with zero attached hydrogens (tertiary/aromatic N) is 2. The quantitative estimate of drug-likeness (QED) is 0.907. The molecule has 1 atom stereocenters. The Bertz CT molecular complexity index is 627. The molecule has 21 heavy (non-hydrogen) atoms. The highest BCUT2D eigenvalue weighted by Crippen LogP contribution is 2.30. The summed E-state index contributed by atoms with van der Waals surface area (Å²) in [5.74, 6) is -0.919. The highest BCUT2D eigenvalue weighted by molar-refractivity contribution is 5.79. The van der Waals surface area contributed by atoms with Crippen molar-refractivity contribution in [3.8, 4) is 0 Å². The van der Waals surface area contributed by atoms with E-state index in [1.54, 1.807) is 17.9 Å². The van der Waals surface area contributed by atoms with Crippen LogP contribution in [-0.2, 0) is 17.3 Å². The number of aliphatic carboxylic acids is 1. The number of rotatable bonds is 4. The number of hydrogen-bond donors (Lipinski definition) is 2. The molecule has 0 fully saturated rings. The lowest BCUT2D eigenvalue weighted by atomic mass is 9.87. The number of aryl methyl sites for hydroxylation is 1. The first-order valence-electron chi connectivity index (χ1n) is 6.87. The van der Waals surface area contributed by atoms with E-state index in [4.69, 9.17) is 0 Å². The van der Waals surface area contributed by atoms with Crippen LogP contribution in [0.1, 0.15) is 38.1 Å². The fourth-order valence-electron chi connectivity index (χ4n) is 2.27. The highest BCUT2D eigenvalue weighted by Gasteiger charge is 2.30. The average molecular weight is 287 g/mol. The van der Waals surface area contributed by atoms with Gasteiger partial charge >= 0.3 is 5.97 Å². The standard InChI is InChI=1S/C16H21N3O2/c1-16(2,3)14-12(10-19(4)18-14)13(15(20)21)17-11-8-6-5-7-9-11/h5-10,13,17H,1-4H3,(H,20,21). The largest absolute Gasteiger partial charge is 0.479 e. The Morgan fingerprint density at radius 1 is 1.29 bits per heavy atom. The van der Waals surface area contributed by atoms with Crippen molar-refractivity contribution in [2.75, 3.05) is 5.32 Å². The number of para-hydroxylation sites is 1. The molecule has 1 aromatic heterocycles. The molecule has 5 nitrogen and oxygen atoms in total. The van der Waals surface area contributed by atoms with Crippen LogP contribution in [0.4, 0.5) is 5.69 Å². The van der Waals surface area contributed by atoms with E-state index in [1.807, 2.05) is 51.1 Å². The average Bonchev–Trinajstić information content (AvgIpc) is 2.78. The SMILES string of the molecule is Cn1cc(C(Nc2ccccc2)C(=O)O)c(C(C)(C)C)n1. The normalized spacial score (nSPS) is 13.0. The molecule has 5 heteroatoms. The van der Waals surface area contributed by atoms with Crippen molar-refractivity contribution in [3.05, 3.63) is 47.8 Å². The lowest BCUT2D eigenvalue weighted by Crippen LogP contribution is -2.24. The number of aromatic nitrogens is 2. The molecule has 2 aromatic rings. The van der Waals surface area contributed by atoms with Crippen LogP contribution in [0, 0.1) is 0 Å². The lowest BCUT2D eigenvalue weighted by Gasteiger charge is -2.21. The zero-order valence-electron chi connectivity index (χ0n) is 12.8. The molecule has 0 aliphatic heterocycles. The van der Waals surface area contributed by atoms with E-state index in [0.717, 1.165) is 11.4 Å². The van der Waals surface area contributed by atoms with Gasteiger partial charge in [-0.1, -0.05) is 39.0 Å². The van der Waals surface area contributed by atoms with Gasteiger partial charge in [-0.05, 0) is 12.1 Å². The number of anilines is 1. The fourth-order valence-corrected chi connectivity index (χ4v) is 2.27. The van der Waals surface area contributed by atoms with Crippen molar-refractivity contribution in [2.45, 2.75) is 32.2 Å². The summed E-state index contributed by atoms with van der Waals surface area (Å²) < 4.78 is 1.67. The first-order valence-corrected chi connectivity index (χ1v) is 6.87. The van der Waals surface area contributed by atoms with Crippen LogP contribution < -0.4 is 5.32 Å². The summed E-state index contributed by atoms with van der Waals surface area (Å²) in [5, 5.41) is 17.1. The molecule has 0 saturated heterocycles. The van der Waals surface area contributed by atoms with Gasteiger partial charge in [-0.2, -0.15) is 5.10 Å². The number of carboxylic acid groups (broad SMARTS) is 1. The maximum absolute atomic E-state index is 11.7. The summed E-state index contributed by atoms with van der Waals surface area (Å²) in [6.45, 7) is 6.08. The summed E-state index contributed by atoms with van der Waals surface area (Å²) in [5.41, 5.74) is 2.04. The Morgan fingerprint density at radius 2 is 1.90 bits per heavy atom. The van der Waals surface area contributed by atoms with Crippen molar-refractivity contribution in [1.29, 1.82) is 0 Å². The summed E-state index contributed by atoms with van der Waals surface area (Å²) in [4.78, 5) is 11.7. The van der Waals surface area contributed by atoms with Crippen LogP contribution in [0.2, 0.25) is 0 Å². The van der Waals surface area contributed by atoms with E-state index in [9.17, 15) is 9.90 Å². The molecule has 2 rings (SSSR count). The molecule has 1 aromatic carbocycles. The van der Waals surface area contributed by atoms with Gasteiger partial charge in [-0.15, -0.1) is 0 Å². The number of carboxylic acids is 1. The smallest absolute Gasteiger partial charge is 0.330 e. The Balaban J connectivity index is 2.42. The molecular formula is C16H21N3O2. The first kappa shape index (κ1) is 15.1. The second-order valence-corrected chi connectivity index (χ2v) is 6.14. The minimum absolute atomic E-state index is 0.220. The van der Waals surface area contributed by atoms with E-state index in [0.29, 0.717) is 5.56 Å². The Morgan fingerprint density at radius 3 is 2.43 bits per heavy atom. The first-order chi connectivity index (χ1) is 9.79. The molecule has 0 aliphatic rings. The molecule has 1 heterocycles. The maximum Gasteiger partial charge on any atom is 0.330 e. The number of benzene rings is 1. The van der Waals surface area contributed by atoms with Gasteiger partial charge in [0.1, 0.15) is 0 Å². The maximum atomic E-state index is 11.7. The zero-order valence-corrected chi connectivity index (χ0v) is 12.8. The minimum Gasteiger partial charge on any atom is -0.479 e. The van der Waals surface area contributed by atoms with Crippen LogP contribution in [-0.4, -0.2) is 20.9 Å². The van der Waals surface area contributed by atoms with Crippen LogP contribution in [0.25, 0.3) is 0 Å². The van der Waals surface area contributed by atoms with Gasteiger partial charge in [-0.3, -0.25) is 4.68 Å². The van der Waals surface area contributed by atoms with Gasteiger partial charge in [0.05, 0.1) is 5.69 Å². The third-order valence-electron chi connectivity index (χ3n) is 3.21. The van der Waals surface area contributed by atoms with E-state index >= 15 is 0 Å². The predicted molar refractivity (Wildman–Crippen MR) is 82.3 cm³/mol. The van der Waals surface area contributed by atoms with E-state index in [-0.39, 0.29) is 5.41 Å². The molecule has 1 unspecified atom stereocenters. The predicted octanol–water partition coefficient (Wildman–Crippen LogP) is 2.96. The molecule has 0 amide bonds. The van der Waals surface area contributed by atoms with Gasteiger partial charge in [0, 0.05) is 29.9 Å². The molecule has 0 saturated carbocycles. The monoisotopic (exact) mass is 287 g/mol. The molecular weight excluding hydrogens is 266 g/mol. The van der Waals surface area contributed by atoms with Crippen molar-refractivity contribution in [3.63, 3.8) is 0 Å². The molecule has 0 bridgehead atoms. The summed E-state index contributed by atoms with van der Waals surface area (Å²) in [7, 11) is 1.81. The number of nitrogens with one attached hydrogen (secondary N) is 1. The Labute approximate surface area is 124 Å². The van der Waals surface area contributed by atoms with Crippen LogP contribution >= 0.6 is 0 Å². The van der Waals surface area contributed by atoms with Gasteiger partial charge in [0.15, 0.2) is 6.04 Å². The van der Waals surface area contributed by atoms with E-state index < -0.39 is 12.0 Å². The van der Waals surface area contributed by atoms with Crippen molar-refractivity contribution < 1.29 is 9.90 Å². The van der Waals surface area contributed by atoms with Crippen LogP contribution in [0.5, 0.6) is 0 Å². The van der Waals surface area contributed by atoms with Gasteiger partial charge in [0.2, 0.25) is 0 Å². The molecule has 112 valence electrons. The van der Waals surface area contributed by atoms with Crippen LogP contribution in [0.3, 0.4) is 0 Å². The molecule has 0 aliphatic carbocycles. The molecule has 2 N–H and O–H groups in total. The topological polar surface area (TPSA) is 67.2 Å². The highest BCUT2D eigenvalue weighted by atomic mass is 16.4. The Kier molecular flexibility index (Phi) is 4.02. The van der Waals surface area contributed by atoms with Crippen molar-refractivity contribution in [2.24, 2.45) is 7.05 Å². The molecule has 0 radical (unpaired) electrons. The van der Waals surface area contributed by atoms with Gasteiger partial charge in [0.25, 0.3) is 0 Å². The lowest BCUT2D eigenvalue weighted by molar-refractivity contribution is -0.138.